The molecule has 1 saturated heterocycles. The van der Waals surface area contributed by atoms with Gasteiger partial charge in [0.05, 0.1) is 0 Å². The Morgan fingerprint density at radius 2 is 2.00 bits per heavy atom. The molecule has 0 bridgehead atoms. The van der Waals surface area contributed by atoms with Gasteiger partial charge in [0, 0.05) is 25.7 Å². The second kappa shape index (κ2) is 7.34. The van der Waals surface area contributed by atoms with Crippen molar-refractivity contribution in [1.29, 1.82) is 0 Å². The number of likely N-dealkylation sites (tertiary alicyclic amines) is 1. The minimum Gasteiger partial charge on any atom is -0.396 e. The van der Waals surface area contributed by atoms with E-state index in [1.54, 1.807) is 0 Å². The van der Waals surface area contributed by atoms with Crippen molar-refractivity contribution in [3.8, 4) is 0 Å². The largest absolute Gasteiger partial charge is 0.396 e. The standard InChI is InChI=1S/C14H30N2O/c1-4-14(5-2)8-9-16(12-14)11-13(7-10-17)15-6-3/h13,15,17H,4-12H2,1-3H3. The summed E-state index contributed by atoms with van der Waals surface area (Å²) in [4.78, 5) is 2.58. The molecular weight excluding hydrogens is 212 g/mol. The molecule has 1 aliphatic heterocycles. The molecule has 2 N–H and O–H groups in total. The monoisotopic (exact) mass is 242 g/mol. The van der Waals surface area contributed by atoms with Gasteiger partial charge in [-0.1, -0.05) is 20.8 Å². The predicted molar refractivity (Wildman–Crippen MR) is 73.2 cm³/mol. The molecule has 0 saturated carbocycles. The number of hydrogen-bond acceptors (Lipinski definition) is 3. The lowest BCUT2D eigenvalue weighted by Crippen LogP contribution is -2.41. The zero-order valence-corrected chi connectivity index (χ0v) is 11.8. The summed E-state index contributed by atoms with van der Waals surface area (Å²) < 4.78 is 0. The average molecular weight is 242 g/mol. The molecule has 1 aliphatic rings. The van der Waals surface area contributed by atoms with Crippen molar-refractivity contribution < 1.29 is 5.11 Å². The predicted octanol–water partition coefficient (Wildman–Crippen LogP) is 1.86. The fourth-order valence-corrected chi connectivity index (χ4v) is 3.02. The van der Waals surface area contributed by atoms with E-state index in [4.69, 9.17) is 5.11 Å². The Bertz CT molecular complexity index is 198. The summed E-state index contributed by atoms with van der Waals surface area (Å²) in [5.41, 5.74) is 0.565. The van der Waals surface area contributed by atoms with Gasteiger partial charge in [-0.25, -0.2) is 0 Å². The number of aliphatic hydroxyl groups excluding tert-OH is 1. The van der Waals surface area contributed by atoms with Crippen LogP contribution in [0.4, 0.5) is 0 Å². The molecular formula is C14H30N2O. The second-order valence-corrected chi connectivity index (χ2v) is 5.46. The lowest BCUT2D eigenvalue weighted by molar-refractivity contribution is 0.204. The first-order chi connectivity index (χ1) is 8.19. The third-order valence-corrected chi connectivity index (χ3v) is 4.47. The minimum absolute atomic E-state index is 0.290. The number of aliphatic hydroxyl groups is 1. The van der Waals surface area contributed by atoms with E-state index in [2.05, 4.69) is 31.0 Å². The first-order valence-corrected chi connectivity index (χ1v) is 7.26. The van der Waals surface area contributed by atoms with Crippen LogP contribution in [-0.4, -0.2) is 48.8 Å². The molecule has 0 aromatic heterocycles. The lowest BCUT2D eigenvalue weighted by Gasteiger charge is -2.28. The summed E-state index contributed by atoms with van der Waals surface area (Å²) in [6.45, 7) is 11.6. The highest BCUT2D eigenvalue weighted by Gasteiger charge is 2.35. The maximum Gasteiger partial charge on any atom is 0.0446 e. The van der Waals surface area contributed by atoms with Gasteiger partial charge < -0.3 is 15.3 Å². The molecule has 17 heavy (non-hydrogen) atoms. The van der Waals surface area contributed by atoms with Crippen molar-refractivity contribution in [2.45, 2.75) is 52.5 Å². The van der Waals surface area contributed by atoms with Crippen molar-refractivity contribution in [2.24, 2.45) is 5.41 Å². The molecule has 1 fully saturated rings. The number of rotatable bonds is 8. The van der Waals surface area contributed by atoms with E-state index in [1.165, 1.54) is 32.4 Å². The molecule has 1 rings (SSSR count). The van der Waals surface area contributed by atoms with E-state index in [9.17, 15) is 0 Å². The number of hydrogen-bond donors (Lipinski definition) is 2. The van der Waals surface area contributed by atoms with Crippen LogP contribution in [0.5, 0.6) is 0 Å². The Balaban J connectivity index is 2.41. The van der Waals surface area contributed by atoms with Crippen molar-refractivity contribution in [1.82, 2.24) is 10.2 Å². The van der Waals surface area contributed by atoms with Crippen molar-refractivity contribution in [3.63, 3.8) is 0 Å². The third kappa shape index (κ3) is 4.23. The Labute approximate surface area is 107 Å². The van der Waals surface area contributed by atoms with E-state index in [-0.39, 0.29) is 6.61 Å². The van der Waals surface area contributed by atoms with Gasteiger partial charge in [-0.15, -0.1) is 0 Å². The highest BCUT2D eigenvalue weighted by Crippen LogP contribution is 2.36. The van der Waals surface area contributed by atoms with Gasteiger partial charge in [0.2, 0.25) is 0 Å². The van der Waals surface area contributed by atoms with E-state index in [0.717, 1.165) is 19.5 Å². The smallest absolute Gasteiger partial charge is 0.0446 e. The maximum atomic E-state index is 9.07. The molecule has 0 amide bonds. The highest BCUT2D eigenvalue weighted by atomic mass is 16.3. The van der Waals surface area contributed by atoms with Crippen molar-refractivity contribution in [3.05, 3.63) is 0 Å². The van der Waals surface area contributed by atoms with Crippen LogP contribution in [0.25, 0.3) is 0 Å². The van der Waals surface area contributed by atoms with Crippen LogP contribution in [0.3, 0.4) is 0 Å². The molecule has 0 aromatic rings. The van der Waals surface area contributed by atoms with Gasteiger partial charge in [0.1, 0.15) is 0 Å². The molecule has 0 aromatic carbocycles. The average Bonchev–Trinajstić information content (AvgIpc) is 2.74. The Hall–Kier alpha value is -0.120. The number of likely N-dealkylation sites (N-methyl/N-ethyl adjacent to an activating group) is 1. The van der Waals surface area contributed by atoms with Gasteiger partial charge in [-0.2, -0.15) is 0 Å². The quantitative estimate of drug-likeness (QED) is 0.682. The molecule has 102 valence electrons. The van der Waals surface area contributed by atoms with Gasteiger partial charge in [0.15, 0.2) is 0 Å². The van der Waals surface area contributed by atoms with Crippen LogP contribution in [0.2, 0.25) is 0 Å². The van der Waals surface area contributed by atoms with Crippen LogP contribution >= 0.6 is 0 Å². The Kier molecular flexibility index (Phi) is 6.45. The summed E-state index contributed by atoms with van der Waals surface area (Å²) in [7, 11) is 0. The van der Waals surface area contributed by atoms with E-state index in [0.29, 0.717) is 11.5 Å². The topological polar surface area (TPSA) is 35.5 Å². The normalized spacial score (nSPS) is 21.9. The fraction of sp³-hybridized carbons (Fsp3) is 1.00. The van der Waals surface area contributed by atoms with Gasteiger partial charge >= 0.3 is 0 Å². The first-order valence-electron chi connectivity index (χ1n) is 7.26. The summed E-state index contributed by atoms with van der Waals surface area (Å²) in [5.74, 6) is 0. The molecule has 0 aliphatic carbocycles. The van der Waals surface area contributed by atoms with E-state index in [1.807, 2.05) is 0 Å². The Morgan fingerprint density at radius 1 is 1.29 bits per heavy atom. The SMILES string of the molecule is CCNC(CCO)CN1CCC(CC)(CC)C1. The van der Waals surface area contributed by atoms with Crippen LogP contribution in [0.15, 0.2) is 0 Å². The van der Waals surface area contributed by atoms with Crippen LogP contribution in [0.1, 0.15) is 46.5 Å². The summed E-state index contributed by atoms with van der Waals surface area (Å²) in [6, 6.07) is 0.453. The van der Waals surface area contributed by atoms with Crippen molar-refractivity contribution >= 4 is 0 Å². The van der Waals surface area contributed by atoms with Gasteiger partial charge in [0.25, 0.3) is 0 Å². The van der Waals surface area contributed by atoms with Crippen LogP contribution < -0.4 is 5.32 Å². The Morgan fingerprint density at radius 3 is 2.47 bits per heavy atom. The molecule has 0 spiro atoms. The molecule has 1 unspecified atom stereocenters. The molecule has 3 heteroatoms. The number of nitrogens with zero attached hydrogens (tertiary/aromatic N) is 1. The summed E-state index contributed by atoms with van der Waals surface area (Å²) >= 11 is 0. The lowest BCUT2D eigenvalue weighted by atomic mass is 9.82. The minimum atomic E-state index is 0.290. The fourth-order valence-electron chi connectivity index (χ4n) is 3.02. The number of nitrogens with one attached hydrogen (secondary N) is 1. The zero-order chi connectivity index (χ0) is 12.7. The first kappa shape index (κ1) is 14.9. The molecule has 3 nitrogen and oxygen atoms in total. The molecule has 1 heterocycles. The van der Waals surface area contributed by atoms with E-state index < -0.39 is 0 Å². The van der Waals surface area contributed by atoms with Crippen molar-refractivity contribution in [2.75, 3.05) is 32.8 Å². The van der Waals surface area contributed by atoms with Gasteiger partial charge in [-0.05, 0) is 44.2 Å². The summed E-state index contributed by atoms with van der Waals surface area (Å²) in [5, 5.41) is 12.5. The van der Waals surface area contributed by atoms with Crippen LogP contribution in [0, 0.1) is 5.41 Å². The zero-order valence-electron chi connectivity index (χ0n) is 11.8. The summed E-state index contributed by atoms with van der Waals surface area (Å²) in [6.07, 6.45) is 4.81. The maximum absolute atomic E-state index is 9.07. The van der Waals surface area contributed by atoms with E-state index >= 15 is 0 Å². The van der Waals surface area contributed by atoms with Crippen LogP contribution in [-0.2, 0) is 0 Å². The third-order valence-electron chi connectivity index (χ3n) is 4.47. The highest BCUT2D eigenvalue weighted by molar-refractivity contribution is 4.89. The molecule has 1 atom stereocenters. The van der Waals surface area contributed by atoms with Gasteiger partial charge in [-0.3, -0.25) is 0 Å². The second-order valence-electron chi connectivity index (χ2n) is 5.46. The molecule has 0 radical (unpaired) electrons.